The number of fused-ring (bicyclic) bond motifs is 1. The molecule has 0 spiro atoms. The van der Waals surface area contributed by atoms with Gasteiger partial charge in [0.25, 0.3) is 5.56 Å². The highest BCUT2D eigenvalue weighted by molar-refractivity contribution is 7.14. The molecule has 1 heterocycles. The summed E-state index contributed by atoms with van der Waals surface area (Å²) < 4.78 is 7.81. The molecule has 0 atom stereocenters. The highest BCUT2D eigenvalue weighted by Crippen LogP contribution is 2.32. The topological polar surface area (TPSA) is 31.2 Å². The van der Waals surface area contributed by atoms with Crippen LogP contribution in [0.15, 0.2) is 41.2 Å². The molecule has 1 aromatic heterocycles. The predicted molar refractivity (Wildman–Crippen MR) is 83.7 cm³/mol. The van der Waals surface area contributed by atoms with Crippen LogP contribution in [0.2, 0.25) is 5.02 Å². The van der Waals surface area contributed by atoms with Crippen molar-refractivity contribution in [3.05, 3.63) is 57.3 Å². The molecular weight excluding hydrogens is 294 g/mol. The molecule has 0 radical (unpaired) electrons. The van der Waals surface area contributed by atoms with E-state index in [9.17, 15) is 4.79 Å². The standard InChI is InChI=1S/C15H12ClNO2S/c1-9-12(19-2)8-7-11(14(9)16)17-15(18)10-5-3-4-6-13(10)20-17/h3-8H,1-2H3. The van der Waals surface area contributed by atoms with Crippen molar-refractivity contribution in [1.82, 2.24) is 3.96 Å². The van der Waals surface area contributed by atoms with Crippen molar-refractivity contribution in [2.75, 3.05) is 7.11 Å². The highest BCUT2D eigenvalue weighted by atomic mass is 35.5. The van der Waals surface area contributed by atoms with E-state index < -0.39 is 0 Å². The minimum Gasteiger partial charge on any atom is -0.496 e. The third-order valence-electron chi connectivity index (χ3n) is 3.25. The van der Waals surface area contributed by atoms with Crippen LogP contribution in [0.5, 0.6) is 5.75 Å². The average Bonchev–Trinajstić information content (AvgIpc) is 2.80. The van der Waals surface area contributed by atoms with Crippen LogP contribution < -0.4 is 10.3 Å². The van der Waals surface area contributed by atoms with Gasteiger partial charge in [0.1, 0.15) is 5.75 Å². The molecule has 0 saturated heterocycles. The zero-order valence-electron chi connectivity index (χ0n) is 11.0. The van der Waals surface area contributed by atoms with Crippen molar-refractivity contribution in [1.29, 1.82) is 0 Å². The van der Waals surface area contributed by atoms with Gasteiger partial charge in [0.2, 0.25) is 0 Å². The normalized spacial score (nSPS) is 10.9. The van der Waals surface area contributed by atoms with Crippen molar-refractivity contribution in [2.24, 2.45) is 0 Å². The summed E-state index contributed by atoms with van der Waals surface area (Å²) in [5.74, 6) is 0.716. The number of ether oxygens (including phenoxy) is 1. The van der Waals surface area contributed by atoms with Crippen molar-refractivity contribution in [3.8, 4) is 11.4 Å². The summed E-state index contributed by atoms with van der Waals surface area (Å²) in [5.41, 5.74) is 1.48. The van der Waals surface area contributed by atoms with Gasteiger partial charge in [-0.25, -0.2) is 3.96 Å². The quantitative estimate of drug-likeness (QED) is 0.716. The van der Waals surface area contributed by atoms with Crippen molar-refractivity contribution in [3.63, 3.8) is 0 Å². The van der Waals surface area contributed by atoms with Crippen LogP contribution in [-0.2, 0) is 0 Å². The van der Waals surface area contributed by atoms with E-state index in [-0.39, 0.29) is 5.56 Å². The molecule has 0 aliphatic heterocycles. The highest BCUT2D eigenvalue weighted by Gasteiger charge is 2.14. The Kier molecular flexibility index (Phi) is 3.28. The van der Waals surface area contributed by atoms with Gasteiger partial charge in [0, 0.05) is 5.56 Å². The minimum atomic E-state index is -0.0444. The first-order chi connectivity index (χ1) is 9.63. The maximum Gasteiger partial charge on any atom is 0.273 e. The number of methoxy groups -OCH3 is 1. The predicted octanol–water partition coefficient (Wildman–Crippen LogP) is 4.02. The van der Waals surface area contributed by atoms with Gasteiger partial charge in [0.05, 0.1) is 27.9 Å². The monoisotopic (exact) mass is 305 g/mol. The van der Waals surface area contributed by atoms with Gasteiger partial charge in [-0.3, -0.25) is 4.79 Å². The summed E-state index contributed by atoms with van der Waals surface area (Å²) in [5, 5.41) is 1.25. The lowest BCUT2D eigenvalue weighted by Gasteiger charge is -2.10. The molecule has 0 bridgehead atoms. The maximum atomic E-state index is 12.4. The number of rotatable bonds is 2. The Bertz CT molecular complexity index is 851. The van der Waals surface area contributed by atoms with Crippen molar-refractivity contribution in [2.45, 2.75) is 6.92 Å². The van der Waals surface area contributed by atoms with Crippen LogP contribution in [0, 0.1) is 6.92 Å². The second-order valence-corrected chi connectivity index (χ2v) is 5.78. The zero-order valence-corrected chi connectivity index (χ0v) is 12.6. The molecular formula is C15H12ClNO2S. The molecule has 5 heteroatoms. The summed E-state index contributed by atoms with van der Waals surface area (Å²) in [6.45, 7) is 1.88. The summed E-state index contributed by atoms with van der Waals surface area (Å²) in [4.78, 5) is 12.4. The van der Waals surface area contributed by atoms with Crippen molar-refractivity contribution < 1.29 is 4.74 Å². The first kappa shape index (κ1) is 13.2. The average molecular weight is 306 g/mol. The Hall–Kier alpha value is -1.78. The van der Waals surface area contributed by atoms with E-state index in [1.807, 2.05) is 43.3 Å². The van der Waals surface area contributed by atoms with Crippen LogP contribution in [-0.4, -0.2) is 11.1 Å². The van der Waals surface area contributed by atoms with Crippen LogP contribution in [0.3, 0.4) is 0 Å². The fraction of sp³-hybridized carbons (Fsp3) is 0.133. The molecule has 3 rings (SSSR count). The van der Waals surface area contributed by atoms with Crippen molar-refractivity contribution >= 4 is 33.2 Å². The number of nitrogens with zero attached hydrogens (tertiary/aromatic N) is 1. The Labute approximate surface area is 125 Å². The fourth-order valence-electron chi connectivity index (χ4n) is 2.16. The van der Waals surface area contributed by atoms with Gasteiger partial charge in [-0.15, -0.1) is 0 Å². The molecule has 0 aliphatic carbocycles. The fourth-order valence-corrected chi connectivity index (χ4v) is 3.47. The van der Waals surface area contributed by atoms with E-state index in [4.69, 9.17) is 16.3 Å². The summed E-state index contributed by atoms with van der Waals surface area (Å²) in [6.07, 6.45) is 0. The Balaban J connectivity index is 2.29. The number of halogens is 1. The van der Waals surface area contributed by atoms with Gasteiger partial charge >= 0.3 is 0 Å². The van der Waals surface area contributed by atoms with Gasteiger partial charge in [-0.2, -0.15) is 0 Å². The second kappa shape index (κ2) is 4.96. The lowest BCUT2D eigenvalue weighted by Crippen LogP contribution is -2.11. The van der Waals surface area contributed by atoms with E-state index in [1.54, 1.807) is 11.1 Å². The first-order valence-electron chi connectivity index (χ1n) is 6.08. The van der Waals surface area contributed by atoms with Gasteiger partial charge in [-0.1, -0.05) is 35.3 Å². The largest absolute Gasteiger partial charge is 0.496 e. The third-order valence-corrected chi connectivity index (χ3v) is 4.82. The second-order valence-electron chi connectivity index (χ2n) is 4.41. The third kappa shape index (κ3) is 1.92. The van der Waals surface area contributed by atoms with Gasteiger partial charge in [0.15, 0.2) is 0 Å². The Morgan fingerprint density at radius 3 is 2.65 bits per heavy atom. The van der Waals surface area contributed by atoms with E-state index in [0.717, 1.165) is 10.3 Å². The molecule has 0 unspecified atom stereocenters. The summed E-state index contributed by atoms with van der Waals surface area (Å²) in [6, 6.07) is 11.2. The molecule has 0 fully saturated rings. The number of aromatic nitrogens is 1. The van der Waals surface area contributed by atoms with E-state index in [1.165, 1.54) is 11.5 Å². The lowest BCUT2D eigenvalue weighted by atomic mass is 10.2. The lowest BCUT2D eigenvalue weighted by molar-refractivity contribution is 0.411. The van der Waals surface area contributed by atoms with Crippen LogP contribution in [0.1, 0.15) is 5.56 Å². The molecule has 0 amide bonds. The Morgan fingerprint density at radius 1 is 1.20 bits per heavy atom. The minimum absolute atomic E-state index is 0.0444. The van der Waals surface area contributed by atoms with Crippen LogP contribution in [0.25, 0.3) is 15.8 Å². The van der Waals surface area contributed by atoms with Crippen LogP contribution in [0.4, 0.5) is 0 Å². The Morgan fingerprint density at radius 2 is 1.95 bits per heavy atom. The molecule has 3 nitrogen and oxygen atoms in total. The molecule has 2 aromatic carbocycles. The number of hydrogen-bond donors (Lipinski definition) is 0. The van der Waals surface area contributed by atoms with E-state index >= 15 is 0 Å². The maximum absolute atomic E-state index is 12.4. The molecule has 20 heavy (non-hydrogen) atoms. The molecule has 3 aromatic rings. The van der Waals surface area contributed by atoms with E-state index in [2.05, 4.69) is 0 Å². The summed E-state index contributed by atoms with van der Waals surface area (Å²) >= 11 is 7.77. The molecule has 0 aliphatic rings. The van der Waals surface area contributed by atoms with Gasteiger partial charge < -0.3 is 4.74 Å². The van der Waals surface area contributed by atoms with Gasteiger partial charge in [-0.05, 0) is 31.2 Å². The molecule has 0 saturated carbocycles. The van der Waals surface area contributed by atoms with Crippen LogP contribution >= 0.6 is 23.1 Å². The number of benzene rings is 2. The SMILES string of the molecule is COc1ccc(-n2sc3ccccc3c2=O)c(Cl)c1C. The smallest absolute Gasteiger partial charge is 0.273 e. The number of hydrogen-bond acceptors (Lipinski definition) is 3. The zero-order chi connectivity index (χ0) is 14.3. The first-order valence-corrected chi connectivity index (χ1v) is 7.23. The molecule has 102 valence electrons. The van der Waals surface area contributed by atoms with E-state index in [0.29, 0.717) is 21.8 Å². The molecule has 0 N–H and O–H groups in total. The summed E-state index contributed by atoms with van der Waals surface area (Å²) in [7, 11) is 1.60.